The molecule has 106 valence electrons. The van der Waals surface area contributed by atoms with Crippen LogP contribution in [0.15, 0.2) is 29.2 Å². The van der Waals surface area contributed by atoms with Crippen LogP contribution in [-0.4, -0.2) is 32.5 Å². The van der Waals surface area contributed by atoms with Crippen molar-refractivity contribution in [3.05, 3.63) is 29.8 Å². The second-order valence-electron chi connectivity index (χ2n) is 4.40. The van der Waals surface area contributed by atoms with Crippen LogP contribution in [0.2, 0.25) is 0 Å². The molecular weight excluding hydrogens is 266 g/mol. The number of hydrogen-bond acceptors (Lipinski definition) is 4. The normalized spacial score (nSPS) is 11.4. The van der Waals surface area contributed by atoms with Crippen molar-refractivity contribution in [2.45, 2.75) is 31.6 Å². The molecule has 5 nitrogen and oxygen atoms in total. The molecule has 0 aliphatic heterocycles. The van der Waals surface area contributed by atoms with Crippen molar-refractivity contribution in [2.24, 2.45) is 0 Å². The van der Waals surface area contributed by atoms with Gasteiger partial charge in [-0.15, -0.1) is 0 Å². The van der Waals surface area contributed by atoms with Crippen molar-refractivity contribution in [3.8, 4) is 0 Å². The highest BCUT2D eigenvalue weighted by molar-refractivity contribution is 7.89. The number of carbonyl (C=O) groups is 1. The van der Waals surface area contributed by atoms with Crippen molar-refractivity contribution in [1.29, 1.82) is 0 Å². The molecule has 0 heterocycles. The Hall–Kier alpha value is -1.56. The summed E-state index contributed by atoms with van der Waals surface area (Å²) < 4.78 is 29.6. The first-order valence-electron chi connectivity index (χ1n) is 6.06. The lowest BCUT2D eigenvalue weighted by Gasteiger charge is -2.17. The topological polar surface area (TPSA) is 63.7 Å². The van der Waals surface area contributed by atoms with Crippen LogP contribution < -0.4 is 0 Å². The zero-order valence-corrected chi connectivity index (χ0v) is 12.4. The van der Waals surface area contributed by atoms with Gasteiger partial charge < -0.3 is 4.74 Å². The molecule has 0 bridgehead atoms. The van der Waals surface area contributed by atoms with E-state index in [-0.39, 0.29) is 11.5 Å². The Morgan fingerprint density at radius 3 is 2.21 bits per heavy atom. The van der Waals surface area contributed by atoms with E-state index < -0.39 is 16.1 Å². The molecule has 1 aromatic carbocycles. The minimum Gasteiger partial charge on any atom is -0.449 e. The molecule has 0 radical (unpaired) electrons. The number of ether oxygens (including phenoxy) is 1. The molecule has 0 saturated carbocycles. The van der Waals surface area contributed by atoms with Crippen LogP contribution >= 0.6 is 0 Å². The summed E-state index contributed by atoms with van der Waals surface area (Å²) in [6, 6.07) is 6.49. The van der Waals surface area contributed by atoms with E-state index in [2.05, 4.69) is 4.74 Å². The summed E-state index contributed by atoms with van der Waals surface area (Å²) in [7, 11) is -2.66. The zero-order chi connectivity index (χ0) is 14.6. The average Bonchev–Trinajstić information content (AvgIpc) is 2.38. The summed E-state index contributed by atoms with van der Waals surface area (Å²) in [5.41, 5.74) is 1.04. The van der Waals surface area contributed by atoms with Gasteiger partial charge in [0.15, 0.2) is 0 Å². The van der Waals surface area contributed by atoms with Gasteiger partial charge in [0.25, 0.3) is 10.0 Å². The highest BCUT2D eigenvalue weighted by Gasteiger charge is 2.26. The number of carbonyl (C=O) groups excluding carboxylic acids is 1. The Bertz CT molecular complexity index is 534. The maximum Gasteiger partial charge on any atom is 0.423 e. The minimum absolute atomic E-state index is 0.0763. The third-order valence-electron chi connectivity index (χ3n) is 2.73. The molecule has 0 fully saturated rings. The summed E-state index contributed by atoms with van der Waals surface area (Å²) in [6.45, 7) is 5.79. The molecule has 1 amide bonds. The molecule has 0 unspecified atom stereocenters. The van der Waals surface area contributed by atoms with Crippen LogP contribution in [-0.2, 0) is 14.8 Å². The molecule has 6 heteroatoms. The van der Waals surface area contributed by atoms with Crippen LogP contribution in [0.1, 0.15) is 32.3 Å². The fourth-order valence-corrected chi connectivity index (χ4v) is 2.54. The van der Waals surface area contributed by atoms with Crippen molar-refractivity contribution in [2.75, 3.05) is 13.7 Å². The number of benzene rings is 1. The summed E-state index contributed by atoms with van der Waals surface area (Å²) in [5, 5.41) is 0. The fraction of sp³-hybridized carbons (Fsp3) is 0.462. The van der Waals surface area contributed by atoms with Crippen LogP contribution in [0, 0.1) is 0 Å². The van der Waals surface area contributed by atoms with Gasteiger partial charge in [0, 0.05) is 7.05 Å². The van der Waals surface area contributed by atoms with Crippen molar-refractivity contribution >= 4 is 16.1 Å². The van der Waals surface area contributed by atoms with Gasteiger partial charge in [0.2, 0.25) is 0 Å². The van der Waals surface area contributed by atoms with Gasteiger partial charge in [-0.25, -0.2) is 17.5 Å². The summed E-state index contributed by atoms with van der Waals surface area (Å²) in [6.07, 6.45) is -0.879. The van der Waals surface area contributed by atoms with Crippen molar-refractivity contribution < 1.29 is 17.9 Å². The minimum atomic E-state index is -3.84. The molecule has 0 saturated heterocycles. The molecule has 0 aromatic heterocycles. The summed E-state index contributed by atoms with van der Waals surface area (Å²) in [5.74, 6) is 0.319. The molecule has 1 aromatic rings. The number of sulfonamides is 1. The van der Waals surface area contributed by atoms with Crippen molar-refractivity contribution in [1.82, 2.24) is 4.31 Å². The van der Waals surface area contributed by atoms with Gasteiger partial charge in [0.05, 0.1) is 11.5 Å². The summed E-state index contributed by atoms with van der Waals surface area (Å²) >= 11 is 0. The standard InChI is InChI=1S/C13H19NO4S/c1-5-18-13(15)14(4)19(16,17)12-8-6-11(7-9-12)10(2)3/h6-10H,5H2,1-4H3. The Balaban J connectivity index is 3.03. The summed E-state index contributed by atoms with van der Waals surface area (Å²) in [4.78, 5) is 11.5. The van der Waals surface area contributed by atoms with E-state index in [0.29, 0.717) is 10.2 Å². The maximum atomic E-state index is 12.2. The predicted octanol–water partition coefficient (Wildman–Crippen LogP) is 2.59. The average molecular weight is 285 g/mol. The van der Waals surface area contributed by atoms with Gasteiger partial charge in [-0.05, 0) is 30.5 Å². The monoisotopic (exact) mass is 285 g/mol. The lowest BCUT2D eigenvalue weighted by molar-refractivity contribution is 0.136. The van der Waals surface area contributed by atoms with E-state index in [1.165, 1.54) is 19.2 Å². The van der Waals surface area contributed by atoms with Gasteiger partial charge in [-0.1, -0.05) is 26.0 Å². The lowest BCUT2D eigenvalue weighted by Crippen LogP contribution is -2.33. The molecular formula is C13H19NO4S. The second-order valence-corrected chi connectivity index (χ2v) is 6.36. The number of rotatable bonds is 4. The number of nitrogens with zero attached hydrogens (tertiary/aromatic N) is 1. The zero-order valence-electron chi connectivity index (χ0n) is 11.6. The van der Waals surface area contributed by atoms with Crippen LogP contribution in [0.25, 0.3) is 0 Å². The third kappa shape index (κ3) is 3.47. The van der Waals surface area contributed by atoms with E-state index in [4.69, 9.17) is 0 Å². The molecule has 19 heavy (non-hydrogen) atoms. The van der Waals surface area contributed by atoms with Crippen molar-refractivity contribution in [3.63, 3.8) is 0 Å². The molecule has 0 spiro atoms. The Morgan fingerprint density at radius 1 is 1.26 bits per heavy atom. The van der Waals surface area contributed by atoms with Crippen LogP contribution in [0.3, 0.4) is 0 Å². The first-order chi connectivity index (χ1) is 8.80. The number of hydrogen-bond donors (Lipinski definition) is 0. The molecule has 0 N–H and O–H groups in total. The molecule has 0 aliphatic rings. The van der Waals surface area contributed by atoms with E-state index in [0.717, 1.165) is 5.56 Å². The maximum absolute atomic E-state index is 12.2. The van der Waals surface area contributed by atoms with Gasteiger partial charge in [-0.2, -0.15) is 0 Å². The van der Waals surface area contributed by atoms with E-state index in [1.807, 2.05) is 13.8 Å². The fourth-order valence-electron chi connectivity index (χ4n) is 1.50. The number of amides is 1. The second kappa shape index (κ2) is 6.06. The molecule has 0 aliphatic carbocycles. The first kappa shape index (κ1) is 15.5. The third-order valence-corrected chi connectivity index (χ3v) is 4.47. The highest BCUT2D eigenvalue weighted by Crippen LogP contribution is 2.19. The SMILES string of the molecule is CCOC(=O)N(C)S(=O)(=O)c1ccc(C(C)C)cc1. The Morgan fingerprint density at radius 2 is 1.79 bits per heavy atom. The van der Waals surface area contributed by atoms with E-state index in [1.54, 1.807) is 19.1 Å². The quantitative estimate of drug-likeness (QED) is 0.853. The van der Waals surface area contributed by atoms with Gasteiger partial charge in [-0.3, -0.25) is 0 Å². The van der Waals surface area contributed by atoms with Crippen LogP contribution in [0.5, 0.6) is 0 Å². The van der Waals surface area contributed by atoms with E-state index >= 15 is 0 Å². The highest BCUT2D eigenvalue weighted by atomic mass is 32.2. The Kier molecular flexibility index (Phi) is 4.94. The Labute approximate surface area is 114 Å². The smallest absolute Gasteiger partial charge is 0.423 e. The molecule has 0 atom stereocenters. The van der Waals surface area contributed by atoms with Gasteiger partial charge in [0.1, 0.15) is 0 Å². The van der Waals surface area contributed by atoms with Gasteiger partial charge >= 0.3 is 6.09 Å². The van der Waals surface area contributed by atoms with E-state index in [9.17, 15) is 13.2 Å². The molecule has 1 rings (SSSR count). The first-order valence-corrected chi connectivity index (χ1v) is 7.50. The van der Waals surface area contributed by atoms with Crippen LogP contribution in [0.4, 0.5) is 4.79 Å². The largest absolute Gasteiger partial charge is 0.449 e. The lowest BCUT2D eigenvalue weighted by atomic mass is 10.0. The predicted molar refractivity (Wildman–Crippen MR) is 72.5 cm³/mol.